The second-order valence-corrected chi connectivity index (χ2v) is 5.60. The van der Waals surface area contributed by atoms with Gasteiger partial charge in [0.2, 0.25) is 11.9 Å². The summed E-state index contributed by atoms with van der Waals surface area (Å²) >= 11 is 0. The quantitative estimate of drug-likeness (QED) is 0.824. The molecule has 6 nitrogen and oxygen atoms in total. The van der Waals surface area contributed by atoms with E-state index in [2.05, 4.69) is 15.3 Å². The van der Waals surface area contributed by atoms with Gasteiger partial charge in [0, 0.05) is 38.1 Å². The van der Waals surface area contributed by atoms with Crippen molar-refractivity contribution in [2.75, 3.05) is 24.6 Å². The molecule has 0 spiro atoms. The van der Waals surface area contributed by atoms with E-state index in [0.717, 1.165) is 6.54 Å². The van der Waals surface area contributed by atoms with Crippen LogP contribution in [0.4, 0.5) is 5.95 Å². The smallest absolute Gasteiger partial charge is 0.228 e. The van der Waals surface area contributed by atoms with Crippen LogP contribution in [-0.4, -0.2) is 46.7 Å². The Balaban J connectivity index is 2.14. The van der Waals surface area contributed by atoms with Crippen molar-refractivity contribution >= 4 is 11.9 Å². The molecular formula is C14H22N4O2. The third kappa shape index (κ3) is 3.07. The third-order valence-corrected chi connectivity index (χ3v) is 3.68. The molecule has 0 bridgehead atoms. The molecule has 0 aliphatic carbocycles. The Morgan fingerprint density at radius 1 is 1.50 bits per heavy atom. The average molecular weight is 278 g/mol. The Kier molecular flexibility index (Phi) is 4.54. The lowest BCUT2D eigenvalue weighted by Gasteiger charge is -2.28. The Morgan fingerprint density at radius 2 is 2.20 bits per heavy atom. The van der Waals surface area contributed by atoms with E-state index in [1.54, 1.807) is 18.5 Å². The SMILES string of the molecule is CC(C)NC(=O)C1(CCO)CCN(c2ncccn2)C1. The molecule has 1 aliphatic rings. The lowest BCUT2D eigenvalue weighted by molar-refractivity contribution is -0.131. The van der Waals surface area contributed by atoms with Crippen molar-refractivity contribution in [1.29, 1.82) is 0 Å². The molecule has 2 heterocycles. The monoisotopic (exact) mass is 278 g/mol. The normalized spacial score (nSPS) is 22.3. The first-order valence-corrected chi connectivity index (χ1v) is 7.01. The molecule has 1 saturated heterocycles. The molecule has 2 N–H and O–H groups in total. The Bertz CT molecular complexity index is 452. The van der Waals surface area contributed by atoms with Crippen LogP contribution in [0.25, 0.3) is 0 Å². The number of aliphatic hydroxyl groups is 1. The molecule has 20 heavy (non-hydrogen) atoms. The first-order chi connectivity index (χ1) is 9.57. The fraction of sp³-hybridized carbons (Fsp3) is 0.643. The fourth-order valence-electron chi connectivity index (χ4n) is 2.63. The fourth-order valence-corrected chi connectivity index (χ4v) is 2.63. The summed E-state index contributed by atoms with van der Waals surface area (Å²) in [5.74, 6) is 0.657. The summed E-state index contributed by atoms with van der Waals surface area (Å²) in [5.41, 5.74) is -0.543. The highest BCUT2D eigenvalue weighted by molar-refractivity contribution is 5.84. The number of rotatable bonds is 5. The van der Waals surface area contributed by atoms with Crippen LogP contribution in [0.1, 0.15) is 26.7 Å². The summed E-state index contributed by atoms with van der Waals surface area (Å²) in [6.45, 7) is 5.18. The average Bonchev–Trinajstić information content (AvgIpc) is 2.85. The first-order valence-electron chi connectivity index (χ1n) is 7.01. The molecule has 0 saturated carbocycles. The molecule has 1 unspecified atom stereocenters. The summed E-state index contributed by atoms with van der Waals surface area (Å²) in [7, 11) is 0. The molecular weight excluding hydrogens is 256 g/mol. The standard InChI is InChI=1S/C14H22N4O2/c1-11(2)17-12(20)14(5-9-19)4-8-18(10-14)13-15-6-3-7-16-13/h3,6-7,11,19H,4-5,8-10H2,1-2H3,(H,17,20). The summed E-state index contributed by atoms with van der Waals surface area (Å²) in [6.07, 6.45) is 4.57. The Hall–Kier alpha value is -1.69. The predicted octanol–water partition coefficient (Wildman–Crippen LogP) is 0.580. The Morgan fingerprint density at radius 3 is 2.80 bits per heavy atom. The number of amides is 1. The molecule has 0 radical (unpaired) electrons. The molecule has 1 fully saturated rings. The van der Waals surface area contributed by atoms with E-state index < -0.39 is 5.41 Å². The van der Waals surface area contributed by atoms with Gasteiger partial charge in [0.25, 0.3) is 0 Å². The molecule has 1 aromatic heterocycles. The highest BCUT2D eigenvalue weighted by atomic mass is 16.3. The maximum absolute atomic E-state index is 12.5. The van der Waals surface area contributed by atoms with Gasteiger partial charge in [0.05, 0.1) is 5.41 Å². The minimum Gasteiger partial charge on any atom is -0.396 e. The van der Waals surface area contributed by atoms with E-state index in [9.17, 15) is 9.90 Å². The molecule has 1 atom stereocenters. The third-order valence-electron chi connectivity index (χ3n) is 3.68. The number of carbonyl (C=O) groups excluding carboxylic acids is 1. The summed E-state index contributed by atoms with van der Waals surface area (Å²) in [5, 5.41) is 12.3. The number of anilines is 1. The maximum atomic E-state index is 12.5. The topological polar surface area (TPSA) is 78.4 Å². The van der Waals surface area contributed by atoms with Crippen LogP contribution in [0.15, 0.2) is 18.5 Å². The van der Waals surface area contributed by atoms with Crippen molar-refractivity contribution in [3.63, 3.8) is 0 Å². The van der Waals surface area contributed by atoms with Crippen molar-refractivity contribution in [1.82, 2.24) is 15.3 Å². The summed E-state index contributed by atoms with van der Waals surface area (Å²) < 4.78 is 0. The largest absolute Gasteiger partial charge is 0.396 e. The molecule has 0 aromatic carbocycles. The van der Waals surface area contributed by atoms with Gasteiger partial charge in [-0.3, -0.25) is 4.79 Å². The number of hydrogen-bond acceptors (Lipinski definition) is 5. The highest BCUT2D eigenvalue weighted by Crippen LogP contribution is 2.35. The van der Waals surface area contributed by atoms with Crippen LogP contribution in [0.2, 0.25) is 0 Å². The van der Waals surface area contributed by atoms with Crippen molar-refractivity contribution in [3.8, 4) is 0 Å². The zero-order chi connectivity index (χ0) is 14.6. The van der Waals surface area contributed by atoms with Crippen LogP contribution >= 0.6 is 0 Å². The van der Waals surface area contributed by atoms with Crippen LogP contribution in [-0.2, 0) is 4.79 Å². The van der Waals surface area contributed by atoms with Gasteiger partial charge in [-0.2, -0.15) is 0 Å². The van der Waals surface area contributed by atoms with Crippen molar-refractivity contribution in [2.45, 2.75) is 32.7 Å². The lowest BCUT2D eigenvalue weighted by Crippen LogP contribution is -2.46. The van der Waals surface area contributed by atoms with Gasteiger partial charge in [0.1, 0.15) is 0 Å². The summed E-state index contributed by atoms with van der Waals surface area (Å²) in [6, 6.07) is 1.87. The van der Waals surface area contributed by atoms with Gasteiger partial charge >= 0.3 is 0 Å². The van der Waals surface area contributed by atoms with Crippen molar-refractivity contribution in [2.24, 2.45) is 5.41 Å². The lowest BCUT2D eigenvalue weighted by atomic mass is 9.82. The molecule has 6 heteroatoms. The van der Waals surface area contributed by atoms with Gasteiger partial charge < -0.3 is 15.3 Å². The number of aliphatic hydroxyl groups excluding tert-OH is 1. The molecule has 2 rings (SSSR count). The minimum absolute atomic E-state index is 0.00893. The van der Waals surface area contributed by atoms with Gasteiger partial charge in [-0.25, -0.2) is 9.97 Å². The van der Waals surface area contributed by atoms with Gasteiger partial charge in [0.15, 0.2) is 0 Å². The predicted molar refractivity (Wildman–Crippen MR) is 76.3 cm³/mol. The van der Waals surface area contributed by atoms with E-state index in [0.29, 0.717) is 25.3 Å². The zero-order valence-electron chi connectivity index (χ0n) is 12.0. The number of aromatic nitrogens is 2. The van der Waals surface area contributed by atoms with E-state index in [1.807, 2.05) is 18.7 Å². The molecule has 1 aromatic rings. The number of hydrogen-bond donors (Lipinski definition) is 2. The van der Waals surface area contributed by atoms with Crippen molar-refractivity contribution in [3.05, 3.63) is 18.5 Å². The number of nitrogens with one attached hydrogen (secondary N) is 1. The van der Waals surface area contributed by atoms with E-state index in [4.69, 9.17) is 0 Å². The first kappa shape index (κ1) is 14.7. The van der Waals surface area contributed by atoms with Crippen LogP contribution in [0.3, 0.4) is 0 Å². The van der Waals surface area contributed by atoms with E-state index in [1.165, 1.54) is 0 Å². The highest BCUT2D eigenvalue weighted by Gasteiger charge is 2.44. The number of nitrogens with zero attached hydrogens (tertiary/aromatic N) is 3. The maximum Gasteiger partial charge on any atom is 0.228 e. The van der Waals surface area contributed by atoms with E-state index >= 15 is 0 Å². The summed E-state index contributed by atoms with van der Waals surface area (Å²) in [4.78, 5) is 22.9. The second kappa shape index (κ2) is 6.17. The molecule has 1 aliphatic heterocycles. The van der Waals surface area contributed by atoms with Gasteiger partial charge in [-0.1, -0.05) is 0 Å². The van der Waals surface area contributed by atoms with Gasteiger partial charge in [-0.15, -0.1) is 0 Å². The van der Waals surface area contributed by atoms with E-state index in [-0.39, 0.29) is 18.6 Å². The van der Waals surface area contributed by atoms with Crippen molar-refractivity contribution < 1.29 is 9.90 Å². The van der Waals surface area contributed by atoms with Gasteiger partial charge in [-0.05, 0) is 32.8 Å². The zero-order valence-corrected chi connectivity index (χ0v) is 12.0. The molecule has 110 valence electrons. The minimum atomic E-state index is -0.543. The Labute approximate surface area is 119 Å². The number of carbonyl (C=O) groups is 1. The second-order valence-electron chi connectivity index (χ2n) is 5.60. The van der Waals surface area contributed by atoms with Crippen LogP contribution < -0.4 is 10.2 Å². The van der Waals surface area contributed by atoms with Crippen LogP contribution in [0.5, 0.6) is 0 Å². The molecule has 1 amide bonds. The van der Waals surface area contributed by atoms with Crippen LogP contribution in [0, 0.1) is 5.41 Å².